The molecule has 1 aliphatic rings. The Bertz CT molecular complexity index is 799. The number of benzene rings is 2. The molecule has 0 radical (unpaired) electrons. The number of ether oxygens (including phenoxy) is 2. The van der Waals surface area contributed by atoms with Gasteiger partial charge in [0, 0.05) is 16.0 Å². The van der Waals surface area contributed by atoms with Gasteiger partial charge in [-0.2, -0.15) is 8.78 Å². The van der Waals surface area contributed by atoms with E-state index in [-0.39, 0.29) is 17.9 Å². The van der Waals surface area contributed by atoms with Crippen LogP contribution in [0.25, 0.3) is 0 Å². The lowest BCUT2D eigenvalue weighted by Crippen LogP contribution is -2.41. The third-order valence-electron chi connectivity index (χ3n) is 3.27. The SMILES string of the molecule is O=C(NNC(=O)c1ccc2c(c1)OCO2)c1ccc(SC(F)F)cc1. The third kappa shape index (κ3) is 4.18. The summed E-state index contributed by atoms with van der Waals surface area (Å²) in [6, 6.07) is 10.2. The van der Waals surface area contributed by atoms with Crippen molar-refractivity contribution >= 4 is 23.6 Å². The number of fused-ring (bicyclic) bond motifs is 1. The average Bonchev–Trinajstić information content (AvgIpc) is 3.07. The average molecular weight is 366 g/mol. The Morgan fingerprint density at radius 1 is 0.920 bits per heavy atom. The van der Waals surface area contributed by atoms with Crippen molar-refractivity contribution in [2.24, 2.45) is 0 Å². The van der Waals surface area contributed by atoms with Crippen molar-refractivity contribution in [3.8, 4) is 11.5 Å². The van der Waals surface area contributed by atoms with Gasteiger partial charge >= 0.3 is 0 Å². The summed E-state index contributed by atoms with van der Waals surface area (Å²) in [4.78, 5) is 24.4. The van der Waals surface area contributed by atoms with E-state index in [0.29, 0.717) is 28.2 Å². The third-order valence-corrected chi connectivity index (χ3v) is 3.99. The van der Waals surface area contributed by atoms with Crippen molar-refractivity contribution in [3.05, 3.63) is 53.6 Å². The maximum atomic E-state index is 12.3. The first-order valence-corrected chi connectivity index (χ1v) is 7.96. The number of carbonyl (C=O) groups excluding carboxylic acids is 2. The molecule has 25 heavy (non-hydrogen) atoms. The molecule has 0 fully saturated rings. The van der Waals surface area contributed by atoms with E-state index in [4.69, 9.17) is 9.47 Å². The molecule has 3 rings (SSSR count). The van der Waals surface area contributed by atoms with Crippen molar-refractivity contribution in [3.63, 3.8) is 0 Å². The number of nitrogens with one attached hydrogen (secondary N) is 2. The van der Waals surface area contributed by atoms with Gasteiger partial charge < -0.3 is 9.47 Å². The van der Waals surface area contributed by atoms with Crippen LogP contribution in [0.5, 0.6) is 11.5 Å². The summed E-state index contributed by atoms with van der Waals surface area (Å²) < 4.78 is 34.8. The summed E-state index contributed by atoms with van der Waals surface area (Å²) >= 11 is 0.387. The van der Waals surface area contributed by atoms with Crippen LogP contribution in [0, 0.1) is 0 Å². The first-order valence-electron chi connectivity index (χ1n) is 7.08. The fraction of sp³-hybridized carbons (Fsp3) is 0.125. The first-order chi connectivity index (χ1) is 12.0. The van der Waals surface area contributed by atoms with E-state index < -0.39 is 17.6 Å². The molecule has 0 saturated carbocycles. The Morgan fingerprint density at radius 3 is 2.20 bits per heavy atom. The minimum atomic E-state index is -2.53. The zero-order valence-corrected chi connectivity index (χ0v) is 13.4. The molecule has 0 spiro atoms. The second-order valence-electron chi connectivity index (χ2n) is 4.88. The molecule has 0 unspecified atom stereocenters. The van der Waals surface area contributed by atoms with Gasteiger partial charge in [-0.05, 0) is 42.5 Å². The van der Waals surface area contributed by atoms with Gasteiger partial charge in [-0.25, -0.2) is 0 Å². The Kier molecular flexibility index (Phi) is 5.03. The van der Waals surface area contributed by atoms with Crippen LogP contribution in [-0.2, 0) is 0 Å². The fourth-order valence-electron chi connectivity index (χ4n) is 2.08. The highest BCUT2D eigenvalue weighted by atomic mass is 32.2. The highest BCUT2D eigenvalue weighted by Gasteiger charge is 2.16. The molecule has 2 N–H and O–H groups in total. The van der Waals surface area contributed by atoms with Crippen molar-refractivity contribution in [2.75, 3.05) is 6.79 Å². The van der Waals surface area contributed by atoms with E-state index in [0.717, 1.165) is 0 Å². The normalized spacial score (nSPS) is 12.1. The van der Waals surface area contributed by atoms with E-state index in [2.05, 4.69) is 10.9 Å². The summed E-state index contributed by atoms with van der Waals surface area (Å²) in [5, 5.41) is 0. The quantitative estimate of drug-likeness (QED) is 0.643. The highest BCUT2D eigenvalue weighted by molar-refractivity contribution is 7.99. The number of thioether (sulfide) groups is 1. The van der Waals surface area contributed by atoms with Crippen molar-refractivity contribution in [1.29, 1.82) is 0 Å². The number of halogens is 2. The van der Waals surface area contributed by atoms with E-state index >= 15 is 0 Å². The summed E-state index contributed by atoms with van der Waals surface area (Å²) in [6.45, 7) is 0.0942. The maximum absolute atomic E-state index is 12.3. The molecule has 0 atom stereocenters. The lowest BCUT2D eigenvalue weighted by atomic mass is 10.2. The zero-order valence-electron chi connectivity index (χ0n) is 12.6. The lowest BCUT2D eigenvalue weighted by Gasteiger charge is -2.08. The predicted octanol–water partition coefficient (Wildman–Crippen LogP) is 2.80. The molecule has 130 valence electrons. The number of hydrogen-bond donors (Lipinski definition) is 2. The maximum Gasteiger partial charge on any atom is 0.288 e. The van der Waals surface area contributed by atoms with Crippen LogP contribution in [0.2, 0.25) is 0 Å². The molecular weight excluding hydrogens is 354 g/mol. The molecule has 0 bridgehead atoms. The van der Waals surface area contributed by atoms with Crippen molar-refractivity contribution in [1.82, 2.24) is 10.9 Å². The first kappa shape index (κ1) is 17.0. The van der Waals surface area contributed by atoms with Gasteiger partial charge in [-0.15, -0.1) is 0 Å². The van der Waals surface area contributed by atoms with Crippen LogP contribution in [0.15, 0.2) is 47.4 Å². The monoisotopic (exact) mass is 366 g/mol. The summed E-state index contributed by atoms with van der Waals surface area (Å²) in [7, 11) is 0. The number of hydrazine groups is 1. The summed E-state index contributed by atoms with van der Waals surface area (Å²) in [6.07, 6.45) is 0. The number of hydrogen-bond acceptors (Lipinski definition) is 5. The van der Waals surface area contributed by atoms with Gasteiger partial charge in [0.05, 0.1) is 0 Å². The van der Waals surface area contributed by atoms with Gasteiger partial charge in [0.15, 0.2) is 11.5 Å². The van der Waals surface area contributed by atoms with Gasteiger partial charge in [-0.1, -0.05) is 11.8 Å². The van der Waals surface area contributed by atoms with Crippen LogP contribution in [0.4, 0.5) is 8.78 Å². The fourth-order valence-corrected chi connectivity index (χ4v) is 2.58. The Balaban J connectivity index is 1.57. The van der Waals surface area contributed by atoms with Crippen LogP contribution < -0.4 is 20.3 Å². The van der Waals surface area contributed by atoms with E-state index in [1.807, 2.05) is 0 Å². The van der Waals surface area contributed by atoms with Gasteiger partial charge in [0.2, 0.25) is 6.79 Å². The zero-order chi connectivity index (χ0) is 17.8. The number of amides is 2. The molecule has 9 heteroatoms. The Hall–Kier alpha value is -2.81. The molecule has 1 aliphatic heterocycles. The van der Waals surface area contributed by atoms with Crippen LogP contribution in [0.3, 0.4) is 0 Å². The number of alkyl halides is 2. The van der Waals surface area contributed by atoms with E-state index in [1.54, 1.807) is 6.07 Å². The second kappa shape index (κ2) is 7.39. The Labute approximate surface area is 145 Å². The van der Waals surface area contributed by atoms with Crippen LogP contribution in [0.1, 0.15) is 20.7 Å². The predicted molar refractivity (Wildman–Crippen MR) is 85.8 cm³/mol. The lowest BCUT2D eigenvalue weighted by molar-refractivity contribution is 0.0846. The Morgan fingerprint density at radius 2 is 1.52 bits per heavy atom. The highest BCUT2D eigenvalue weighted by Crippen LogP contribution is 2.32. The standard InChI is InChI=1S/C16H12F2N2O4S/c17-16(18)25-11-4-1-9(2-5-11)14(21)19-20-15(22)10-3-6-12-13(7-10)24-8-23-12/h1-7,16H,8H2,(H,19,21)(H,20,22). The van der Waals surface area contributed by atoms with Gasteiger partial charge in [-0.3, -0.25) is 20.4 Å². The summed E-state index contributed by atoms with van der Waals surface area (Å²) in [5.74, 6) is -2.63. The molecule has 1 heterocycles. The van der Waals surface area contributed by atoms with Gasteiger partial charge in [0.25, 0.3) is 17.6 Å². The van der Waals surface area contributed by atoms with E-state index in [9.17, 15) is 18.4 Å². The molecule has 2 aromatic carbocycles. The summed E-state index contributed by atoms with van der Waals surface area (Å²) in [5.41, 5.74) is 5.05. The second-order valence-corrected chi connectivity index (χ2v) is 5.94. The van der Waals surface area contributed by atoms with Gasteiger partial charge in [0.1, 0.15) is 0 Å². The number of rotatable bonds is 4. The smallest absolute Gasteiger partial charge is 0.288 e. The molecule has 0 aliphatic carbocycles. The number of carbonyl (C=O) groups is 2. The minimum Gasteiger partial charge on any atom is -0.454 e. The van der Waals surface area contributed by atoms with Crippen molar-refractivity contribution < 1.29 is 27.8 Å². The largest absolute Gasteiger partial charge is 0.454 e. The molecule has 2 aromatic rings. The minimum absolute atomic E-state index is 0.0942. The molecule has 6 nitrogen and oxygen atoms in total. The molecule has 2 amide bonds. The van der Waals surface area contributed by atoms with Crippen LogP contribution >= 0.6 is 11.8 Å². The van der Waals surface area contributed by atoms with Crippen LogP contribution in [-0.4, -0.2) is 24.4 Å². The molecular formula is C16H12F2N2O4S. The topological polar surface area (TPSA) is 76.7 Å². The van der Waals surface area contributed by atoms with E-state index in [1.165, 1.54) is 36.4 Å². The molecule has 0 aromatic heterocycles. The molecule has 0 saturated heterocycles. The van der Waals surface area contributed by atoms with Crippen molar-refractivity contribution in [2.45, 2.75) is 10.7 Å².